The van der Waals surface area contributed by atoms with Crippen LogP contribution in [0.4, 0.5) is 0 Å². The van der Waals surface area contributed by atoms with Gasteiger partial charge in [0.1, 0.15) is 5.78 Å². The normalized spacial score (nSPS) is 27.4. The fourth-order valence-electron chi connectivity index (χ4n) is 1.38. The Morgan fingerprint density at radius 1 is 1.67 bits per heavy atom. The summed E-state index contributed by atoms with van der Waals surface area (Å²) in [5.74, 6) is 0.590. The Labute approximate surface area is 55.8 Å². The molecule has 0 aromatic carbocycles. The Balaban J connectivity index is 2.66. The van der Waals surface area contributed by atoms with Crippen LogP contribution in [0.2, 0.25) is 0 Å². The first-order valence-electron chi connectivity index (χ1n) is 3.46. The molecule has 0 aromatic rings. The Hall–Kier alpha value is -0.590. The van der Waals surface area contributed by atoms with E-state index < -0.39 is 0 Å². The number of allylic oxidation sites excluding steroid dienone is 1. The molecular formula is C8H12O. The summed E-state index contributed by atoms with van der Waals surface area (Å²) in [5, 5.41) is 0. The van der Waals surface area contributed by atoms with Crippen molar-refractivity contribution in [1.29, 1.82) is 0 Å². The second-order valence-electron chi connectivity index (χ2n) is 2.59. The third kappa shape index (κ3) is 1.04. The van der Waals surface area contributed by atoms with Crippen LogP contribution in [0.1, 0.15) is 26.2 Å². The van der Waals surface area contributed by atoms with Gasteiger partial charge in [-0.3, -0.25) is 4.79 Å². The fraction of sp³-hybridized carbons (Fsp3) is 0.625. The number of carbonyl (C=O) groups is 1. The first-order chi connectivity index (χ1) is 4.25. The van der Waals surface area contributed by atoms with Crippen molar-refractivity contribution in [2.45, 2.75) is 26.2 Å². The van der Waals surface area contributed by atoms with E-state index in [1.165, 1.54) is 0 Å². The minimum Gasteiger partial charge on any atom is -0.299 e. The van der Waals surface area contributed by atoms with Gasteiger partial charge in [0.25, 0.3) is 0 Å². The molecule has 1 unspecified atom stereocenters. The summed E-state index contributed by atoms with van der Waals surface area (Å²) >= 11 is 0. The van der Waals surface area contributed by atoms with Gasteiger partial charge in [-0.1, -0.05) is 19.1 Å². The van der Waals surface area contributed by atoms with Crippen molar-refractivity contribution >= 4 is 5.78 Å². The molecule has 1 fully saturated rings. The molecule has 0 radical (unpaired) electrons. The molecule has 50 valence electrons. The van der Waals surface area contributed by atoms with Crippen molar-refractivity contribution in [3.05, 3.63) is 12.2 Å². The minimum atomic E-state index is 0.199. The predicted molar refractivity (Wildman–Crippen MR) is 37.2 cm³/mol. The zero-order valence-corrected chi connectivity index (χ0v) is 5.81. The van der Waals surface area contributed by atoms with E-state index in [1.807, 2.05) is 6.92 Å². The number of ketones is 1. The van der Waals surface area contributed by atoms with Gasteiger partial charge in [0.2, 0.25) is 0 Å². The largest absolute Gasteiger partial charge is 0.299 e. The van der Waals surface area contributed by atoms with E-state index in [0.29, 0.717) is 5.78 Å². The smallest absolute Gasteiger partial charge is 0.140 e. The Kier molecular flexibility index (Phi) is 1.70. The van der Waals surface area contributed by atoms with Gasteiger partial charge in [0.05, 0.1) is 0 Å². The van der Waals surface area contributed by atoms with E-state index in [0.717, 1.165) is 24.8 Å². The van der Waals surface area contributed by atoms with Crippen LogP contribution in [-0.2, 0) is 4.79 Å². The average Bonchev–Trinajstić information content (AvgIpc) is 2.12. The van der Waals surface area contributed by atoms with Crippen molar-refractivity contribution in [3.8, 4) is 0 Å². The zero-order chi connectivity index (χ0) is 6.85. The average molecular weight is 124 g/mol. The quantitative estimate of drug-likeness (QED) is 0.488. The third-order valence-electron chi connectivity index (χ3n) is 1.98. The number of carbonyl (C=O) groups excluding carboxylic acids is 1. The van der Waals surface area contributed by atoms with E-state index in [9.17, 15) is 4.79 Å². The highest BCUT2D eigenvalue weighted by Crippen LogP contribution is 2.28. The lowest BCUT2D eigenvalue weighted by Crippen LogP contribution is -2.04. The van der Waals surface area contributed by atoms with E-state index in [4.69, 9.17) is 0 Å². The van der Waals surface area contributed by atoms with Gasteiger partial charge in [-0.05, 0) is 12.8 Å². The van der Waals surface area contributed by atoms with Crippen molar-refractivity contribution in [3.63, 3.8) is 0 Å². The molecule has 1 heteroatoms. The van der Waals surface area contributed by atoms with E-state index >= 15 is 0 Å². The van der Waals surface area contributed by atoms with Crippen molar-refractivity contribution < 1.29 is 4.79 Å². The van der Waals surface area contributed by atoms with Crippen molar-refractivity contribution in [2.24, 2.45) is 5.92 Å². The molecular weight excluding hydrogens is 112 g/mol. The standard InChI is InChI=1S/C8H12O/c1-3-7-6(2)4-5-8(7)9/h7H,2-5H2,1H3. The third-order valence-corrected chi connectivity index (χ3v) is 1.98. The van der Waals surface area contributed by atoms with Gasteiger partial charge in [0.15, 0.2) is 0 Å². The fourth-order valence-corrected chi connectivity index (χ4v) is 1.38. The monoisotopic (exact) mass is 124 g/mol. The molecule has 1 atom stereocenters. The van der Waals surface area contributed by atoms with Gasteiger partial charge in [-0.2, -0.15) is 0 Å². The number of rotatable bonds is 1. The van der Waals surface area contributed by atoms with Crippen molar-refractivity contribution in [1.82, 2.24) is 0 Å². The van der Waals surface area contributed by atoms with Gasteiger partial charge < -0.3 is 0 Å². The lowest BCUT2D eigenvalue weighted by atomic mass is 10.0. The maximum Gasteiger partial charge on any atom is 0.140 e. The van der Waals surface area contributed by atoms with Crippen LogP contribution in [0.25, 0.3) is 0 Å². The van der Waals surface area contributed by atoms with E-state index in [2.05, 4.69) is 6.58 Å². The summed E-state index contributed by atoms with van der Waals surface area (Å²) in [6.07, 6.45) is 2.60. The summed E-state index contributed by atoms with van der Waals surface area (Å²) in [5.41, 5.74) is 1.14. The van der Waals surface area contributed by atoms with Crippen LogP contribution in [0, 0.1) is 5.92 Å². The Morgan fingerprint density at radius 2 is 2.33 bits per heavy atom. The second-order valence-corrected chi connectivity index (χ2v) is 2.59. The number of Topliss-reactive ketones (excluding diaryl/α,β-unsaturated/α-hetero) is 1. The first-order valence-corrected chi connectivity index (χ1v) is 3.46. The van der Waals surface area contributed by atoms with E-state index in [1.54, 1.807) is 0 Å². The van der Waals surface area contributed by atoms with Crippen LogP contribution in [0.3, 0.4) is 0 Å². The molecule has 0 N–H and O–H groups in total. The summed E-state index contributed by atoms with van der Waals surface area (Å²) < 4.78 is 0. The Morgan fingerprint density at radius 3 is 2.56 bits per heavy atom. The lowest BCUT2D eigenvalue weighted by molar-refractivity contribution is -0.120. The molecule has 0 aromatic heterocycles. The van der Waals surface area contributed by atoms with E-state index in [-0.39, 0.29) is 5.92 Å². The number of hydrogen-bond donors (Lipinski definition) is 0. The second kappa shape index (κ2) is 2.34. The number of hydrogen-bond acceptors (Lipinski definition) is 1. The minimum absolute atomic E-state index is 0.199. The molecule has 1 aliphatic rings. The maximum absolute atomic E-state index is 11.0. The predicted octanol–water partition coefficient (Wildman–Crippen LogP) is 1.93. The van der Waals surface area contributed by atoms with Crippen LogP contribution >= 0.6 is 0 Å². The molecule has 0 saturated heterocycles. The SMILES string of the molecule is C=C1CCC(=O)C1CC. The Bertz CT molecular complexity index is 131. The highest BCUT2D eigenvalue weighted by Gasteiger charge is 2.25. The molecule has 0 aliphatic heterocycles. The molecule has 0 spiro atoms. The van der Waals surface area contributed by atoms with Gasteiger partial charge >= 0.3 is 0 Å². The lowest BCUT2D eigenvalue weighted by Gasteiger charge is -2.02. The highest BCUT2D eigenvalue weighted by atomic mass is 16.1. The van der Waals surface area contributed by atoms with Crippen molar-refractivity contribution in [2.75, 3.05) is 0 Å². The summed E-state index contributed by atoms with van der Waals surface area (Å²) in [6, 6.07) is 0. The molecule has 1 aliphatic carbocycles. The summed E-state index contributed by atoms with van der Waals surface area (Å²) in [7, 11) is 0. The molecule has 1 rings (SSSR count). The highest BCUT2D eigenvalue weighted by molar-refractivity contribution is 5.86. The maximum atomic E-state index is 11.0. The summed E-state index contributed by atoms with van der Waals surface area (Å²) in [6.45, 7) is 5.88. The zero-order valence-electron chi connectivity index (χ0n) is 5.81. The molecule has 0 amide bonds. The van der Waals surface area contributed by atoms with Gasteiger partial charge in [-0.25, -0.2) is 0 Å². The van der Waals surface area contributed by atoms with Gasteiger partial charge in [0, 0.05) is 12.3 Å². The molecule has 0 heterocycles. The van der Waals surface area contributed by atoms with Crippen LogP contribution in [-0.4, -0.2) is 5.78 Å². The topological polar surface area (TPSA) is 17.1 Å². The summed E-state index contributed by atoms with van der Waals surface area (Å²) in [4.78, 5) is 11.0. The first kappa shape index (κ1) is 6.53. The van der Waals surface area contributed by atoms with Crippen LogP contribution in [0.15, 0.2) is 12.2 Å². The molecule has 1 nitrogen and oxygen atoms in total. The van der Waals surface area contributed by atoms with Crippen LogP contribution < -0.4 is 0 Å². The van der Waals surface area contributed by atoms with Gasteiger partial charge in [-0.15, -0.1) is 0 Å². The molecule has 1 saturated carbocycles. The molecule has 9 heavy (non-hydrogen) atoms. The van der Waals surface area contributed by atoms with Crippen LogP contribution in [0.5, 0.6) is 0 Å². The molecule has 0 bridgehead atoms.